The van der Waals surface area contributed by atoms with Crippen LogP contribution in [0.2, 0.25) is 0 Å². The minimum atomic E-state index is -1.34. The number of amides is 3. The number of hydrogen-bond acceptors (Lipinski definition) is 6. The molecule has 0 aliphatic rings. The number of hydroxylamine groups is 1. The van der Waals surface area contributed by atoms with Gasteiger partial charge in [0.2, 0.25) is 5.91 Å². The molecule has 0 saturated heterocycles. The van der Waals surface area contributed by atoms with Crippen molar-refractivity contribution >= 4 is 23.4 Å². The second-order valence-corrected chi connectivity index (χ2v) is 8.58. The van der Waals surface area contributed by atoms with Crippen LogP contribution in [0, 0.1) is 29.3 Å². The Morgan fingerprint density at radius 2 is 1.44 bits per heavy atom. The minimum Gasteiger partial charge on any atom is -0.391 e. The predicted molar refractivity (Wildman–Crippen MR) is 145 cm³/mol. The maximum atomic E-state index is 13.7. The van der Waals surface area contributed by atoms with E-state index in [0.717, 1.165) is 6.07 Å². The predicted octanol–water partition coefficient (Wildman–Crippen LogP) is 2.85. The monoisotopic (exact) mass is 570 g/mol. The van der Waals surface area contributed by atoms with E-state index in [1.807, 2.05) is 0 Å². The number of hydrogen-bond donors (Lipinski definition) is 6. The van der Waals surface area contributed by atoms with Gasteiger partial charge in [-0.2, -0.15) is 0 Å². The minimum absolute atomic E-state index is 0. The molecule has 12 heteroatoms. The van der Waals surface area contributed by atoms with Crippen molar-refractivity contribution in [2.75, 3.05) is 11.9 Å². The van der Waals surface area contributed by atoms with Crippen LogP contribution in [-0.4, -0.2) is 46.7 Å². The third-order valence-corrected chi connectivity index (χ3v) is 5.52. The van der Waals surface area contributed by atoms with Gasteiger partial charge < -0.3 is 21.1 Å². The van der Waals surface area contributed by atoms with Crippen molar-refractivity contribution in [3.05, 3.63) is 100 Å². The van der Waals surface area contributed by atoms with Gasteiger partial charge >= 0.3 is 0 Å². The van der Waals surface area contributed by atoms with Crippen LogP contribution in [0.4, 0.5) is 18.9 Å². The quantitative estimate of drug-likeness (QED) is 0.101. The van der Waals surface area contributed by atoms with Gasteiger partial charge in [-0.3, -0.25) is 19.6 Å². The highest BCUT2D eigenvalue weighted by Gasteiger charge is 2.25. The van der Waals surface area contributed by atoms with Crippen molar-refractivity contribution in [1.82, 2.24) is 16.1 Å². The van der Waals surface area contributed by atoms with Crippen LogP contribution in [0.5, 0.6) is 0 Å². The first kappa shape index (κ1) is 32.5. The third kappa shape index (κ3) is 9.47. The second-order valence-electron chi connectivity index (χ2n) is 8.58. The molecule has 3 aromatic rings. The first-order valence-electron chi connectivity index (χ1n) is 11.9. The van der Waals surface area contributed by atoms with Crippen molar-refractivity contribution in [1.29, 1.82) is 0 Å². The average molecular weight is 571 g/mol. The first-order chi connectivity index (χ1) is 19.1. The molecule has 0 unspecified atom stereocenters. The molecule has 0 heterocycles. The number of benzene rings is 3. The molecule has 3 rings (SSSR count). The lowest BCUT2D eigenvalue weighted by Gasteiger charge is -2.19. The molecule has 0 aliphatic heterocycles. The Hall–Kier alpha value is -4.70. The number of aliphatic hydroxyl groups excluding tert-OH is 1. The summed E-state index contributed by atoms with van der Waals surface area (Å²) in [6.45, 7) is 0.935. The number of aliphatic hydroxyl groups is 1. The van der Waals surface area contributed by atoms with Crippen LogP contribution in [0.25, 0.3) is 0 Å². The molecule has 41 heavy (non-hydrogen) atoms. The summed E-state index contributed by atoms with van der Waals surface area (Å²) in [6.07, 6.45) is -1.23. The fraction of sp³-hybridized carbons (Fsp3) is 0.207. The molecule has 0 saturated carbocycles. The number of anilines is 1. The number of carbonyl (C=O) groups is 3. The lowest BCUT2D eigenvalue weighted by atomic mass is 10.1. The largest absolute Gasteiger partial charge is 0.391 e. The highest BCUT2D eigenvalue weighted by atomic mass is 19.2. The highest BCUT2D eigenvalue weighted by molar-refractivity contribution is 5.97. The summed E-state index contributed by atoms with van der Waals surface area (Å²) >= 11 is 0. The summed E-state index contributed by atoms with van der Waals surface area (Å²) < 4.78 is 39.9. The summed E-state index contributed by atoms with van der Waals surface area (Å²) in [7, 11) is 0. The van der Waals surface area contributed by atoms with Crippen LogP contribution in [0.15, 0.2) is 60.7 Å². The molecule has 0 aromatic heterocycles. The van der Waals surface area contributed by atoms with Crippen molar-refractivity contribution in [3.8, 4) is 11.8 Å². The molecule has 0 fully saturated rings. The van der Waals surface area contributed by atoms with Gasteiger partial charge in [0.05, 0.1) is 12.6 Å². The summed E-state index contributed by atoms with van der Waals surface area (Å²) in [5.74, 6) is 0.487. The fourth-order valence-electron chi connectivity index (χ4n) is 3.40. The Morgan fingerprint density at radius 3 is 2.00 bits per heavy atom. The molecule has 3 amide bonds. The number of rotatable bonds is 9. The Labute approximate surface area is 234 Å². The molecule has 6 N–H and O–H groups in total. The Morgan fingerprint density at radius 1 is 0.878 bits per heavy atom. The zero-order valence-electron chi connectivity index (χ0n) is 21.1. The van der Waals surface area contributed by atoms with Gasteiger partial charge in [-0.15, -0.1) is 0 Å². The Bertz CT molecular complexity index is 1440. The zero-order chi connectivity index (χ0) is 29.2. The van der Waals surface area contributed by atoms with E-state index < -0.39 is 47.3 Å². The second kappa shape index (κ2) is 15.2. The Kier molecular flexibility index (Phi) is 12.0. The van der Waals surface area contributed by atoms with Crippen LogP contribution >= 0.6 is 0 Å². The maximum Gasteiger partial charge on any atom is 0.268 e. The first-order valence-corrected chi connectivity index (χ1v) is 11.9. The molecule has 0 radical (unpaired) electrons. The average Bonchev–Trinajstić information content (AvgIpc) is 2.93. The van der Waals surface area contributed by atoms with Gasteiger partial charge in [-0.1, -0.05) is 19.3 Å². The molecular weight excluding hydrogens is 541 g/mol. The van der Waals surface area contributed by atoms with Crippen LogP contribution in [0.3, 0.4) is 0 Å². The summed E-state index contributed by atoms with van der Waals surface area (Å²) in [5, 5.41) is 26.0. The molecule has 0 spiro atoms. The maximum absolute atomic E-state index is 13.7. The van der Waals surface area contributed by atoms with Gasteiger partial charge in [0.1, 0.15) is 11.9 Å². The zero-order valence-corrected chi connectivity index (χ0v) is 21.1. The topological polar surface area (TPSA) is 140 Å². The molecule has 2 atom stereocenters. The molecule has 9 nitrogen and oxygen atoms in total. The van der Waals surface area contributed by atoms with Crippen molar-refractivity contribution in [2.45, 2.75) is 33.0 Å². The normalized spacial score (nSPS) is 11.7. The van der Waals surface area contributed by atoms with Gasteiger partial charge in [0.15, 0.2) is 11.6 Å². The van der Waals surface area contributed by atoms with E-state index in [0.29, 0.717) is 22.9 Å². The van der Waals surface area contributed by atoms with Crippen LogP contribution < -0.4 is 21.4 Å². The smallest absolute Gasteiger partial charge is 0.268 e. The van der Waals surface area contributed by atoms with E-state index in [1.165, 1.54) is 24.5 Å². The van der Waals surface area contributed by atoms with Gasteiger partial charge in [0.25, 0.3) is 11.8 Å². The third-order valence-electron chi connectivity index (χ3n) is 5.52. The van der Waals surface area contributed by atoms with E-state index in [-0.39, 0.29) is 31.6 Å². The van der Waals surface area contributed by atoms with E-state index in [9.17, 15) is 32.7 Å². The molecule has 0 bridgehead atoms. The number of nitrogens with one attached hydrogen (secondary N) is 4. The van der Waals surface area contributed by atoms with Gasteiger partial charge in [-0.05, 0) is 61.5 Å². The Balaban J connectivity index is 0.00000588. The number of carbonyl (C=O) groups excluding carboxylic acids is 3. The molecular formula is C29H29F3N4O5. The van der Waals surface area contributed by atoms with E-state index in [2.05, 4.69) is 27.8 Å². The van der Waals surface area contributed by atoms with E-state index in [4.69, 9.17) is 5.21 Å². The summed E-state index contributed by atoms with van der Waals surface area (Å²) in [4.78, 5) is 36.0. The van der Waals surface area contributed by atoms with E-state index >= 15 is 0 Å². The summed E-state index contributed by atoms with van der Waals surface area (Å²) in [6, 6.07) is 12.6. The lowest BCUT2D eigenvalue weighted by Crippen LogP contribution is -2.51. The standard InChI is InChI=1S/C28H25F3N4O5.CH4/c1-16(36)26(28(39)35-40)34-27(38)19-8-4-17(5-9-19)2-3-18-6-10-21(11-7-18)33-25(37)15-32-14-20-12-23(30)24(31)13-22(20)29;/h4-13,16,26,32,36,40H,14-15H2,1H3,(H,33,37)(H,34,38)(H,35,39);1H4/t16-,26+;/m1./s1. The molecule has 0 aliphatic carbocycles. The molecule has 3 aromatic carbocycles. The van der Waals surface area contributed by atoms with Crippen LogP contribution in [0.1, 0.15) is 41.4 Å². The van der Waals surface area contributed by atoms with Crippen molar-refractivity contribution in [3.63, 3.8) is 0 Å². The fourth-order valence-corrected chi connectivity index (χ4v) is 3.40. The summed E-state index contributed by atoms with van der Waals surface area (Å²) in [5.41, 5.74) is 3.21. The lowest BCUT2D eigenvalue weighted by molar-refractivity contribution is -0.133. The van der Waals surface area contributed by atoms with Crippen molar-refractivity contribution < 1.29 is 37.9 Å². The number of halogens is 3. The van der Waals surface area contributed by atoms with E-state index in [1.54, 1.807) is 36.4 Å². The van der Waals surface area contributed by atoms with Gasteiger partial charge in [0, 0.05) is 40.6 Å². The highest BCUT2D eigenvalue weighted by Crippen LogP contribution is 2.14. The SMILES string of the molecule is C.C[C@@H](O)[C@H](NC(=O)c1ccc(C#Cc2ccc(NC(=O)CNCc3cc(F)c(F)cc3F)cc2)cc1)C(=O)NO. The van der Waals surface area contributed by atoms with Crippen LogP contribution in [-0.2, 0) is 16.1 Å². The van der Waals surface area contributed by atoms with Gasteiger partial charge in [-0.25, -0.2) is 18.7 Å². The van der Waals surface area contributed by atoms with Crippen molar-refractivity contribution in [2.24, 2.45) is 0 Å². The molecule has 216 valence electrons.